The molecule has 0 aliphatic rings. The second kappa shape index (κ2) is 4.57. The molecule has 0 spiro atoms. The molecule has 2 aromatic carbocycles. The molecule has 0 fully saturated rings. The number of rotatable bonds is 2. The Kier molecular flexibility index (Phi) is 3.15. The van der Waals surface area contributed by atoms with Gasteiger partial charge in [0.05, 0.1) is 0 Å². The minimum absolute atomic E-state index is 0.324. The molecule has 0 bridgehead atoms. The fourth-order valence-electron chi connectivity index (χ4n) is 1.25. The molecule has 4 N–H and O–H groups in total. The summed E-state index contributed by atoms with van der Waals surface area (Å²) < 4.78 is 2.73. The number of hydrogen-bond donors (Lipinski definition) is 2. The standard InChI is InChI=1S/C12H12N2Te/c13-9-4-6-11(7-5-9)15-12-3-1-2-10(14)8-12/h1-8H,13-14H2. The van der Waals surface area contributed by atoms with E-state index in [1.165, 1.54) is 7.22 Å². The Morgan fingerprint density at radius 3 is 2.13 bits per heavy atom. The van der Waals surface area contributed by atoms with Crippen molar-refractivity contribution in [3.8, 4) is 0 Å². The third kappa shape index (κ3) is 2.89. The molecule has 0 aromatic heterocycles. The van der Waals surface area contributed by atoms with E-state index in [-0.39, 0.29) is 20.9 Å². The predicted molar refractivity (Wildman–Crippen MR) is 66.7 cm³/mol. The van der Waals surface area contributed by atoms with Gasteiger partial charge in [-0.2, -0.15) is 0 Å². The molecule has 0 amide bonds. The summed E-state index contributed by atoms with van der Waals surface area (Å²) in [6.45, 7) is 0. The number of nitrogens with two attached hydrogens (primary N) is 2. The van der Waals surface area contributed by atoms with Gasteiger partial charge in [0.1, 0.15) is 0 Å². The summed E-state index contributed by atoms with van der Waals surface area (Å²) in [5, 5.41) is 0. The van der Waals surface area contributed by atoms with Gasteiger partial charge in [0.25, 0.3) is 0 Å². The van der Waals surface area contributed by atoms with Gasteiger partial charge in [0.15, 0.2) is 0 Å². The molecule has 0 unspecified atom stereocenters. The number of benzene rings is 2. The summed E-state index contributed by atoms with van der Waals surface area (Å²) >= 11 is -0.324. The molecule has 0 heterocycles. The van der Waals surface area contributed by atoms with E-state index < -0.39 is 0 Å². The molecule has 76 valence electrons. The Morgan fingerprint density at radius 2 is 1.47 bits per heavy atom. The van der Waals surface area contributed by atoms with E-state index in [4.69, 9.17) is 11.5 Å². The summed E-state index contributed by atoms with van der Waals surface area (Å²) in [5.41, 5.74) is 13.0. The summed E-state index contributed by atoms with van der Waals surface area (Å²) in [6, 6.07) is 16.2. The average Bonchev–Trinajstić information content (AvgIpc) is 2.22. The Morgan fingerprint density at radius 1 is 0.733 bits per heavy atom. The van der Waals surface area contributed by atoms with E-state index in [2.05, 4.69) is 24.3 Å². The first-order valence-corrected chi connectivity index (χ1v) is 6.96. The van der Waals surface area contributed by atoms with Gasteiger partial charge in [0, 0.05) is 0 Å². The van der Waals surface area contributed by atoms with Crippen molar-refractivity contribution >= 4 is 39.5 Å². The van der Waals surface area contributed by atoms with Gasteiger partial charge in [-0.25, -0.2) is 0 Å². The SMILES string of the molecule is Nc1ccc([Te]c2cccc(N)c2)cc1. The fraction of sp³-hybridized carbons (Fsp3) is 0. The fourth-order valence-corrected chi connectivity index (χ4v) is 3.78. The molecule has 2 aromatic rings. The molecule has 0 aliphatic carbocycles. The first-order chi connectivity index (χ1) is 7.24. The van der Waals surface area contributed by atoms with Gasteiger partial charge in [-0.1, -0.05) is 0 Å². The summed E-state index contributed by atoms with van der Waals surface area (Å²) in [4.78, 5) is 0. The van der Waals surface area contributed by atoms with Crippen LogP contribution < -0.4 is 18.7 Å². The Balaban J connectivity index is 2.18. The van der Waals surface area contributed by atoms with Crippen LogP contribution in [0.5, 0.6) is 0 Å². The Bertz CT molecular complexity index is 451. The van der Waals surface area contributed by atoms with Crippen LogP contribution in [0.2, 0.25) is 0 Å². The van der Waals surface area contributed by atoms with E-state index in [9.17, 15) is 0 Å². The van der Waals surface area contributed by atoms with Gasteiger partial charge >= 0.3 is 99.5 Å². The average molecular weight is 312 g/mol. The van der Waals surface area contributed by atoms with Crippen LogP contribution >= 0.6 is 0 Å². The summed E-state index contributed by atoms with van der Waals surface area (Å²) in [7, 11) is 0. The van der Waals surface area contributed by atoms with Crippen LogP contribution in [-0.2, 0) is 0 Å². The molecule has 0 saturated heterocycles. The van der Waals surface area contributed by atoms with E-state index in [1.54, 1.807) is 0 Å². The zero-order chi connectivity index (χ0) is 10.7. The minimum atomic E-state index is -0.324. The molecular formula is C12H12N2Te. The molecule has 3 heteroatoms. The maximum atomic E-state index is 5.74. The predicted octanol–water partition coefficient (Wildman–Crippen LogP) is 0.506. The number of anilines is 2. The molecule has 0 atom stereocenters. The van der Waals surface area contributed by atoms with Crippen molar-refractivity contribution < 1.29 is 0 Å². The van der Waals surface area contributed by atoms with Crippen LogP contribution in [0.3, 0.4) is 0 Å². The number of hydrogen-bond acceptors (Lipinski definition) is 2. The first-order valence-electron chi connectivity index (χ1n) is 4.63. The van der Waals surface area contributed by atoms with Crippen LogP contribution in [0.1, 0.15) is 0 Å². The van der Waals surface area contributed by atoms with Crippen LogP contribution in [0.25, 0.3) is 0 Å². The Labute approximate surface area is 99.4 Å². The van der Waals surface area contributed by atoms with E-state index >= 15 is 0 Å². The van der Waals surface area contributed by atoms with Crippen molar-refractivity contribution in [2.45, 2.75) is 0 Å². The van der Waals surface area contributed by atoms with Crippen LogP contribution in [0.4, 0.5) is 11.4 Å². The first kappa shape index (κ1) is 10.4. The topological polar surface area (TPSA) is 52.0 Å². The maximum absolute atomic E-state index is 5.74. The van der Waals surface area contributed by atoms with Gasteiger partial charge in [-0.3, -0.25) is 0 Å². The van der Waals surface area contributed by atoms with Crippen molar-refractivity contribution in [2.24, 2.45) is 0 Å². The quantitative estimate of drug-likeness (QED) is 0.627. The third-order valence-corrected chi connectivity index (χ3v) is 4.82. The molecular weight excluding hydrogens is 300 g/mol. The molecule has 0 saturated carbocycles. The number of nitrogen functional groups attached to an aromatic ring is 2. The van der Waals surface area contributed by atoms with Crippen molar-refractivity contribution in [1.82, 2.24) is 0 Å². The van der Waals surface area contributed by atoms with Gasteiger partial charge < -0.3 is 0 Å². The molecule has 2 nitrogen and oxygen atoms in total. The van der Waals surface area contributed by atoms with Gasteiger partial charge in [-0.15, -0.1) is 0 Å². The van der Waals surface area contributed by atoms with Crippen molar-refractivity contribution in [3.63, 3.8) is 0 Å². The Hall–Kier alpha value is -1.17. The van der Waals surface area contributed by atoms with Crippen molar-refractivity contribution in [3.05, 3.63) is 48.5 Å². The van der Waals surface area contributed by atoms with Crippen LogP contribution in [0.15, 0.2) is 48.5 Å². The van der Waals surface area contributed by atoms with Crippen molar-refractivity contribution in [2.75, 3.05) is 11.5 Å². The van der Waals surface area contributed by atoms with Crippen molar-refractivity contribution in [1.29, 1.82) is 0 Å². The van der Waals surface area contributed by atoms with E-state index in [0.717, 1.165) is 11.4 Å². The van der Waals surface area contributed by atoms with Crippen LogP contribution in [0, 0.1) is 0 Å². The van der Waals surface area contributed by atoms with E-state index in [0.29, 0.717) is 0 Å². The summed E-state index contributed by atoms with van der Waals surface area (Å²) in [5.74, 6) is 0. The molecule has 0 aliphatic heterocycles. The molecule has 0 radical (unpaired) electrons. The molecule has 2 rings (SSSR count). The normalized spacial score (nSPS) is 10.1. The molecule has 15 heavy (non-hydrogen) atoms. The zero-order valence-corrected chi connectivity index (χ0v) is 10.5. The van der Waals surface area contributed by atoms with Crippen LogP contribution in [-0.4, -0.2) is 20.9 Å². The monoisotopic (exact) mass is 314 g/mol. The summed E-state index contributed by atoms with van der Waals surface area (Å²) in [6.07, 6.45) is 0. The van der Waals surface area contributed by atoms with Gasteiger partial charge in [-0.05, 0) is 0 Å². The second-order valence-electron chi connectivity index (χ2n) is 3.24. The van der Waals surface area contributed by atoms with E-state index in [1.807, 2.05) is 24.3 Å². The zero-order valence-electron chi connectivity index (χ0n) is 8.18. The second-order valence-corrected chi connectivity index (χ2v) is 6.52. The third-order valence-electron chi connectivity index (χ3n) is 1.97. The van der Waals surface area contributed by atoms with Gasteiger partial charge in [0.2, 0.25) is 0 Å².